The Bertz CT molecular complexity index is 1110. The van der Waals surface area contributed by atoms with Gasteiger partial charge in [0.05, 0.1) is 5.69 Å². The molecule has 8 nitrogen and oxygen atoms in total. The molecular weight excluding hydrogens is 391 g/mol. The number of halogens is 3. The van der Waals surface area contributed by atoms with E-state index >= 15 is 0 Å². The lowest BCUT2D eigenvalue weighted by molar-refractivity contribution is -0.142. The van der Waals surface area contributed by atoms with Crippen LogP contribution < -0.4 is 15.0 Å². The minimum absolute atomic E-state index is 0.141. The Kier molecular flexibility index (Phi) is 4.36. The van der Waals surface area contributed by atoms with Crippen LogP contribution in [0.25, 0.3) is 5.65 Å². The van der Waals surface area contributed by atoms with Crippen LogP contribution in [0.15, 0.2) is 42.5 Å². The van der Waals surface area contributed by atoms with Gasteiger partial charge in [-0.2, -0.15) is 13.2 Å². The number of carbonyl (C=O) groups is 2. The van der Waals surface area contributed by atoms with Crippen molar-refractivity contribution in [1.82, 2.24) is 19.9 Å². The van der Waals surface area contributed by atoms with E-state index in [1.54, 1.807) is 24.3 Å². The number of alkyl halides is 3. The fourth-order valence-electron chi connectivity index (χ4n) is 3.00. The average molecular weight is 405 g/mol. The van der Waals surface area contributed by atoms with E-state index in [2.05, 4.69) is 15.4 Å². The summed E-state index contributed by atoms with van der Waals surface area (Å²) in [6.45, 7) is -0.146. The van der Waals surface area contributed by atoms with Crippen LogP contribution in [0.4, 0.5) is 18.9 Å². The number of para-hydroxylation sites is 2. The number of nitrogens with one attached hydrogen (secondary N) is 1. The highest BCUT2D eigenvalue weighted by molar-refractivity contribution is 6.02. The van der Waals surface area contributed by atoms with Crippen LogP contribution in [0.5, 0.6) is 5.75 Å². The number of nitrogens with zero attached hydrogens (tertiary/aromatic N) is 4. The van der Waals surface area contributed by atoms with Gasteiger partial charge in [0.25, 0.3) is 11.8 Å². The van der Waals surface area contributed by atoms with Gasteiger partial charge in [-0.05, 0) is 24.3 Å². The first kappa shape index (κ1) is 18.7. The topological polar surface area (TPSA) is 88.8 Å². The highest BCUT2D eigenvalue weighted by Gasteiger charge is 2.35. The maximum atomic E-state index is 13.1. The monoisotopic (exact) mass is 405 g/mol. The Morgan fingerprint density at radius 1 is 1.21 bits per heavy atom. The summed E-state index contributed by atoms with van der Waals surface area (Å²) in [6, 6.07) is 9.10. The van der Waals surface area contributed by atoms with Gasteiger partial charge in [-0.3, -0.25) is 9.59 Å². The van der Waals surface area contributed by atoms with Gasteiger partial charge in [-0.15, -0.1) is 5.10 Å². The summed E-state index contributed by atoms with van der Waals surface area (Å²) >= 11 is 0. The predicted molar refractivity (Wildman–Crippen MR) is 94.6 cm³/mol. The zero-order valence-electron chi connectivity index (χ0n) is 15.0. The molecule has 0 radical (unpaired) electrons. The van der Waals surface area contributed by atoms with E-state index in [-0.39, 0.29) is 12.3 Å². The summed E-state index contributed by atoms with van der Waals surface area (Å²) < 4.78 is 45.5. The predicted octanol–water partition coefficient (Wildman–Crippen LogP) is 1.90. The molecule has 0 fully saturated rings. The second-order valence-corrected chi connectivity index (χ2v) is 6.32. The van der Waals surface area contributed by atoms with Gasteiger partial charge in [0.2, 0.25) is 5.82 Å². The summed E-state index contributed by atoms with van der Waals surface area (Å²) in [7, 11) is 1.54. The van der Waals surface area contributed by atoms with Crippen LogP contribution in [0, 0.1) is 0 Å². The Balaban J connectivity index is 1.59. The average Bonchev–Trinajstić information content (AvgIpc) is 3.09. The first-order valence-corrected chi connectivity index (χ1v) is 8.49. The normalized spacial score (nSPS) is 16.9. The molecule has 150 valence electrons. The third-order valence-corrected chi connectivity index (χ3v) is 4.42. The molecule has 11 heteroatoms. The standard InChI is InChI=1S/C18H14F3N5O3/c1-25-11-5-2-3-6-12(11)29-9-10(17(25)28)22-16(27)15-23-14-8-4-7-13(18(19,20)21)26(14)24-15/h2-8,10H,9H2,1H3,(H,22,27)/t10-/m0/s1. The number of amides is 2. The van der Waals surface area contributed by atoms with Crippen molar-refractivity contribution in [3.05, 3.63) is 54.0 Å². The Morgan fingerprint density at radius 3 is 2.72 bits per heavy atom. The fourth-order valence-corrected chi connectivity index (χ4v) is 3.00. The molecule has 1 aliphatic heterocycles. The lowest BCUT2D eigenvalue weighted by Gasteiger charge is -2.19. The number of likely N-dealkylation sites (N-methyl/N-ethyl adjacent to an activating group) is 1. The number of hydrogen-bond acceptors (Lipinski definition) is 5. The Morgan fingerprint density at radius 2 is 1.97 bits per heavy atom. The van der Waals surface area contributed by atoms with Gasteiger partial charge in [0.15, 0.2) is 5.65 Å². The van der Waals surface area contributed by atoms with Gasteiger partial charge in [-0.25, -0.2) is 9.50 Å². The highest BCUT2D eigenvalue weighted by atomic mass is 19.4. The van der Waals surface area contributed by atoms with Gasteiger partial charge < -0.3 is 15.0 Å². The second kappa shape index (κ2) is 6.76. The van der Waals surface area contributed by atoms with Crippen LogP contribution >= 0.6 is 0 Å². The zero-order chi connectivity index (χ0) is 20.8. The molecule has 0 saturated carbocycles. The van der Waals surface area contributed by atoms with Crippen molar-refractivity contribution in [2.45, 2.75) is 12.2 Å². The number of anilines is 1. The summed E-state index contributed by atoms with van der Waals surface area (Å²) in [5.74, 6) is -1.34. The van der Waals surface area contributed by atoms with Crippen molar-refractivity contribution in [3.8, 4) is 5.75 Å². The SMILES string of the molecule is CN1C(=O)[C@@H](NC(=O)c2nc3cccc(C(F)(F)F)n3n2)COc2ccccc21. The maximum absolute atomic E-state index is 13.1. The molecule has 1 aromatic carbocycles. The second-order valence-electron chi connectivity index (χ2n) is 6.32. The Hall–Kier alpha value is -3.63. The van der Waals surface area contributed by atoms with Crippen LogP contribution in [0.1, 0.15) is 16.3 Å². The molecule has 2 aromatic heterocycles. The minimum atomic E-state index is -4.67. The molecule has 0 bridgehead atoms. The first-order chi connectivity index (χ1) is 13.8. The van der Waals surface area contributed by atoms with Crippen LogP contribution in [-0.2, 0) is 11.0 Å². The number of fused-ring (bicyclic) bond motifs is 2. The van der Waals surface area contributed by atoms with E-state index in [1.807, 2.05) is 0 Å². The molecule has 3 aromatic rings. The van der Waals surface area contributed by atoms with E-state index < -0.39 is 35.6 Å². The van der Waals surface area contributed by atoms with E-state index in [0.717, 1.165) is 6.07 Å². The van der Waals surface area contributed by atoms with E-state index in [0.29, 0.717) is 16.0 Å². The summed E-state index contributed by atoms with van der Waals surface area (Å²) in [5.41, 5.74) is -0.668. The molecule has 0 unspecified atom stereocenters. The molecule has 29 heavy (non-hydrogen) atoms. The molecule has 1 aliphatic rings. The van der Waals surface area contributed by atoms with Crippen LogP contribution in [0.2, 0.25) is 0 Å². The van der Waals surface area contributed by atoms with Crippen LogP contribution in [-0.4, -0.2) is 46.1 Å². The summed E-state index contributed by atoms with van der Waals surface area (Å²) in [4.78, 5) is 30.4. The lowest BCUT2D eigenvalue weighted by atomic mass is 10.2. The summed E-state index contributed by atoms with van der Waals surface area (Å²) in [5, 5.41) is 6.09. The zero-order valence-corrected chi connectivity index (χ0v) is 15.0. The minimum Gasteiger partial charge on any atom is -0.489 e. The van der Waals surface area contributed by atoms with Gasteiger partial charge >= 0.3 is 6.18 Å². The maximum Gasteiger partial charge on any atom is 0.433 e. The number of ether oxygens (including phenoxy) is 1. The largest absolute Gasteiger partial charge is 0.489 e. The molecule has 4 rings (SSSR count). The van der Waals surface area contributed by atoms with E-state index in [9.17, 15) is 22.8 Å². The molecule has 0 spiro atoms. The molecular formula is C18H14F3N5O3. The van der Waals surface area contributed by atoms with Crippen molar-refractivity contribution in [3.63, 3.8) is 0 Å². The lowest BCUT2D eigenvalue weighted by Crippen LogP contribution is -2.49. The first-order valence-electron chi connectivity index (χ1n) is 8.49. The third kappa shape index (κ3) is 3.35. The Labute approximate surface area is 161 Å². The van der Waals surface area contributed by atoms with E-state index in [4.69, 9.17) is 4.74 Å². The highest BCUT2D eigenvalue weighted by Crippen LogP contribution is 2.30. The third-order valence-electron chi connectivity index (χ3n) is 4.42. The molecule has 3 heterocycles. The molecule has 2 amide bonds. The van der Waals surface area contributed by atoms with Gasteiger partial charge in [-0.1, -0.05) is 18.2 Å². The number of aromatic nitrogens is 3. The van der Waals surface area contributed by atoms with Crippen molar-refractivity contribution in [2.24, 2.45) is 0 Å². The van der Waals surface area contributed by atoms with Gasteiger partial charge in [0.1, 0.15) is 24.1 Å². The molecule has 0 saturated heterocycles. The van der Waals surface area contributed by atoms with E-state index in [1.165, 1.54) is 24.1 Å². The molecule has 1 atom stereocenters. The molecule has 1 N–H and O–H groups in total. The van der Waals surface area contributed by atoms with Crippen molar-refractivity contribution < 1.29 is 27.5 Å². The van der Waals surface area contributed by atoms with Gasteiger partial charge in [0, 0.05) is 7.05 Å². The fraction of sp³-hybridized carbons (Fsp3) is 0.222. The quantitative estimate of drug-likeness (QED) is 0.704. The number of carbonyl (C=O) groups excluding carboxylic acids is 2. The number of pyridine rings is 1. The number of rotatable bonds is 2. The number of hydrogen-bond donors (Lipinski definition) is 1. The van der Waals surface area contributed by atoms with Crippen molar-refractivity contribution in [2.75, 3.05) is 18.6 Å². The van der Waals surface area contributed by atoms with Crippen molar-refractivity contribution >= 4 is 23.1 Å². The van der Waals surface area contributed by atoms with Crippen LogP contribution in [0.3, 0.4) is 0 Å². The smallest absolute Gasteiger partial charge is 0.433 e. The van der Waals surface area contributed by atoms with Crippen molar-refractivity contribution in [1.29, 1.82) is 0 Å². The number of benzene rings is 1. The molecule has 0 aliphatic carbocycles. The summed E-state index contributed by atoms with van der Waals surface area (Å²) in [6.07, 6.45) is -4.67.